The molecule has 2 aliphatic rings. The molecule has 0 saturated carbocycles. The van der Waals surface area contributed by atoms with E-state index in [1.165, 1.54) is 4.90 Å². The molecule has 0 unspecified atom stereocenters. The fraction of sp³-hybridized carbons (Fsp3) is 0.231. The zero-order chi connectivity index (χ0) is 22.9. The van der Waals surface area contributed by atoms with Crippen molar-refractivity contribution < 1.29 is 19.2 Å². The highest BCUT2D eigenvalue weighted by molar-refractivity contribution is 7.98. The van der Waals surface area contributed by atoms with Gasteiger partial charge in [0.15, 0.2) is 6.10 Å². The smallest absolute Gasteiger partial charge is 0.266 e. The van der Waals surface area contributed by atoms with E-state index >= 15 is 0 Å². The van der Waals surface area contributed by atoms with Gasteiger partial charge in [0.05, 0.1) is 24.0 Å². The van der Waals surface area contributed by atoms with Crippen LogP contribution in [0.25, 0.3) is 0 Å². The Morgan fingerprint density at radius 2 is 1.61 bits per heavy atom. The lowest BCUT2D eigenvalue weighted by atomic mass is 9.90. The summed E-state index contributed by atoms with van der Waals surface area (Å²) in [5.74, 6) is -0.828. The summed E-state index contributed by atoms with van der Waals surface area (Å²) in [7, 11) is 0. The van der Waals surface area contributed by atoms with Crippen LogP contribution in [0.3, 0.4) is 0 Å². The molecular formula is C26H24N2O4S. The maximum Gasteiger partial charge on any atom is 0.266 e. The number of benzene rings is 3. The minimum atomic E-state index is -0.905. The molecule has 0 radical (unpaired) electrons. The van der Waals surface area contributed by atoms with Crippen molar-refractivity contribution >= 4 is 35.0 Å². The molecule has 3 aromatic carbocycles. The second kappa shape index (κ2) is 8.92. The number of fused-ring (bicyclic) bond motifs is 1. The van der Waals surface area contributed by atoms with Crippen LogP contribution in [0, 0.1) is 5.92 Å². The highest BCUT2D eigenvalue weighted by atomic mass is 32.2. The summed E-state index contributed by atoms with van der Waals surface area (Å²) >= 11 is 1.65. The maximum atomic E-state index is 13.8. The quantitative estimate of drug-likeness (QED) is 0.387. The van der Waals surface area contributed by atoms with Crippen LogP contribution in [0.1, 0.15) is 18.5 Å². The molecule has 0 spiro atoms. The average Bonchev–Trinajstić information content (AvgIpc) is 3.36. The van der Waals surface area contributed by atoms with Gasteiger partial charge in [-0.05, 0) is 55.1 Å². The molecule has 3 atom stereocenters. The van der Waals surface area contributed by atoms with E-state index in [4.69, 9.17) is 9.57 Å². The Kier molecular flexibility index (Phi) is 5.83. The first-order valence-corrected chi connectivity index (χ1v) is 12.1. The van der Waals surface area contributed by atoms with Gasteiger partial charge < -0.3 is 4.74 Å². The van der Waals surface area contributed by atoms with E-state index in [0.717, 1.165) is 16.1 Å². The zero-order valence-corrected chi connectivity index (χ0v) is 19.2. The molecule has 7 heteroatoms. The molecule has 2 fully saturated rings. The topological polar surface area (TPSA) is 59.1 Å². The zero-order valence-electron chi connectivity index (χ0n) is 18.4. The fourth-order valence-electron chi connectivity index (χ4n) is 4.51. The van der Waals surface area contributed by atoms with Gasteiger partial charge in [0.1, 0.15) is 11.7 Å². The first kappa shape index (κ1) is 21.6. The third-order valence-electron chi connectivity index (χ3n) is 5.99. The summed E-state index contributed by atoms with van der Waals surface area (Å²) < 4.78 is 5.70. The number of hydroxylamine groups is 1. The van der Waals surface area contributed by atoms with Crippen molar-refractivity contribution in [3.05, 3.63) is 84.4 Å². The first-order chi connectivity index (χ1) is 16.1. The van der Waals surface area contributed by atoms with Gasteiger partial charge in [-0.25, -0.2) is 9.96 Å². The van der Waals surface area contributed by atoms with Crippen LogP contribution in [0.15, 0.2) is 83.8 Å². The predicted octanol–water partition coefficient (Wildman–Crippen LogP) is 4.86. The van der Waals surface area contributed by atoms with Gasteiger partial charge in [-0.15, -0.1) is 11.8 Å². The summed E-state index contributed by atoms with van der Waals surface area (Å²) in [4.78, 5) is 35.8. The van der Waals surface area contributed by atoms with Gasteiger partial charge in [-0.2, -0.15) is 0 Å². The van der Waals surface area contributed by atoms with Crippen LogP contribution >= 0.6 is 11.8 Å². The van der Waals surface area contributed by atoms with Crippen molar-refractivity contribution in [3.63, 3.8) is 0 Å². The van der Waals surface area contributed by atoms with Crippen LogP contribution in [0.5, 0.6) is 5.75 Å². The summed E-state index contributed by atoms with van der Waals surface area (Å²) in [6, 6.07) is 24.3. The van der Waals surface area contributed by atoms with E-state index in [9.17, 15) is 9.59 Å². The SMILES string of the molecule is CCOc1ccccc1N1C(=O)[C@H]2[C@H](ON(c3ccccc3)[C@H]2c2ccc(SC)cc2)C1=O. The van der Waals surface area contributed by atoms with Crippen molar-refractivity contribution in [1.82, 2.24) is 0 Å². The Labute approximate surface area is 197 Å². The number of amides is 2. The van der Waals surface area contributed by atoms with Crippen LogP contribution < -0.4 is 14.7 Å². The van der Waals surface area contributed by atoms with Crippen LogP contribution in [0.4, 0.5) is 11.4 Å². The molecule has 0 aliphatic carbocycles. The molecule has 0 bridgehead atoms. The Balaban J connectivity index is 1.57. The first-order valence-electron chi connectivity index (χ1n) is 10.9. The molecule has 2 aliphatic heterocycles. The van der Waals surface area contributed by atoms with Crippen molar-refractivity contribution in [2.24, 2.45) is 5.92 Å². The summed E-state index contributed by atoms with van der Waals surface area (Å²) in [6.07, 6.45) is 1.12. The number of carbonyl (C=O) groups is 2. The second-order valence-electron chi connectivity index (χ2n) is 7.84. The number of carbonyl (C=O) groups excluding carboxylic acids is 2. The normalized spacial score (nSPS) is 22.1. The van der Waals surface area contributed by atoms with Crippen molar-refractivity contribution in [3.8, 4) is 5.75 Å². The molecule has 2 saturated heterocycles. The standard InChI is InChI=1S/C26H24N2O4S/c1-3-31-21-12-8-7-11-20(21)27-25(29)22-23(17-13-15-19(33-2)16-14-17)28(32-24(22)26(27)30)18-9-5-4-6-10-18/h4-16,22-24H,3H2,1-2H3/t22-,23+,24+/m1/s1. The summed E-state index contributed by atoms with van der Waals surface area (Å²) in [5, 5.41) is 1.71. The van der Waals surface area contributed by atoms with Crippen LogP contribution in [-0.2, 0) is 14.4 Å². The molecular weight excluding hydrogens is 436 g/mol. The minimum absolute atomic E-state index is 0.283. The van der Waals surface area contributed by atoms with Gasteiger partial charge in [0.2, 0.25) is 5.91 Å². The third-order valence-corrected chi connectivity index (χ3v) is 6.73. The van der Waals surface area contributed by atoms with E-state index in [-0.39, 0.29) is 11.8 Å². The van der Waals surface area contributed by atoms with Gasteiger partial charge in [-0.1, -0.05) is 42.5 Å². The largest absolute Gasteiger partial charge is 0.492 e. The van der Waals surface area contributed by atoms with Gasteiger partial charge in [0, 0.05) is 4.90 Å². The Bertz CT molecular complexity index is 1170. The van der Waals surface area contributed by atoms with Crippen molar-refractivity contribution in [1.29, 1.82) is 0 Å². The predicted molar refractivity (Wildman–Crippen MR) is 128 cm³/mol. The molecule has 2 amide bonds. The Morgan fingerprint density at radius 3 is 2.30 bits per heavy atom. The molecule has 168 valence electrons. The molecule has 5 rings (SSSR count). The highest BCUT2D eigenvalue weighted by Gasteiger charge is 2.60. The van der Waals surface area contributed by atoms with Gasteiger partial charge in [-0.3, -0.25) is 14.4 Å². The van der Waals surface area contributed by atoms with Crippen molar-refractivity contribution in [2.45, 2.75) is 24.0 Å². The number of imide groups is 1. The van der Waals surface area contributed by atoms with E-state index < -0.39 is 18.1 Å². The lowest BCUT2D eigenvalue weighted by Gasteiger charge is -2.29. The summed E-state index contributed by atoms with van der Waals surface area (Å²) in [6.45, 7) is 2.30. The number of rotatable bonds is 6. The number of para-hydroxylation sites is 3. The number of hydrogen-bond donors (Lipinski definition) is 0. The number of hydrogen-bond acceptors (Lipinski definition) is 6. The third kappa shape index (κ3) is 3.67. The summed E-state index contributed by atoms with van der Waals surface area (Å²) in [5.41, 5.74) is 2.17. The van der Waals surface area contributed by atoms with E-state index in [1.54, 1.807) is 35.0 Å². The van der Waals surface area contributed by atoms with Crippen molar-refractivity contribution in [2.75, 3.05) is 22.8 Å². The Morgan fingerprint density at radius 1 is 0.909 bits per heavy atom. The second-order valence-corrected chi connectivity index (χ2v) is 8.72. The molecule has 33 heavy (non-hydrogen) atoms. The lowest BCUT2D eigenvalue weighted by Crippen LogP contribution is -2.37. The highest BCUT2D eigenvalue weighted by Crippen LogP contribution is 2.48. The number of thioether (sulfide) groups is 1. The fourth-order valence-corrected chi connectivity index (χ4v) is 4.92. The van der Waals surface area contributed by atoms with Gasteiger partial charge in [0.25, 0.3) is 5.91 Å². The van der Waals surface area contributed by atoms with E-state index in [0.29, 0.717) is 18.0 Å². The van der Waals surface area contributed by atoms with E-state index in [2.05, 4.69) is 0 Å². The van der Waals surface area contributed by atoms with Crippen LogP contribution in [0.2, 0.25) is 0 Å². The molecule has 0 aromatic heterocycles. The van der Waals surface area contributed by atoms with Crippen LogP contribution in [-0.4, -0.2) is 30.8 Å². The molecule has 6 nitrogen and oxygen atoms in total. The average molecular weight is 461 g/mol. The number of nitrogens with zero attached hydrogens (tertiary/aromatic N) is 2. The monoisotopic (exact) mass is 460 g/mol. The Hall–Kier alpha value is -3.29. The maximum absolute atomic E-state index is 13.8. The molecule has 3 aromatic rings. The van der Waals surface area contributed by atoms with E-state index in [1.807, 2.05) is 73.8 Å². The molecule has 0 N–H and O–H groups in total. The number of anilines is 2. The van der Waals surface area contributed by atoms with Gasteiger partial charge >= 0.3 is 0 Å². The minimum Gasteiger partial charge on any atom is -0.492 e. The number of ether oxygens (including phenoxy) is 1. The lowest BCUT2D eigenvalue weighted by molar-refractivity contribution is -0.126. The molecule has 2 heterocycles.